The molecule has 22 heavy (non-hydrogen) atoms. The van der Waals surface area contributed by atoms with Gasteiger partial charge in [0.2, 0.25) is 0 Å². The van der Waals surface area contributed by atoms with Crippen LogP contribution in [0.5, 0.6) is 0 Å². The van der Waals surface area contributed by atoms with Crippen molar-refractivity contribution in [2.45, 2.75) is 6.73 Å². The Labute approximate surface area is 133 Å². The van der Waals surface area contributed by atoms with Crippen molar-refractivity contribution in [3.05, 3.63) is 68.9 Å². The summed E-state index contributed by atoms with van der Waals surface area (Å²) in [6.45, 7) is -0.290. The van der Waals surface area contributed by atoms with Gasteiger partial charge in [0.1, 0.15) is 5.52 Å². The third-order valence-corrected chi connectivity index (χ3v) is 3.50. The minimum absolute atomic E-state index is 0.290. The number of benzene rings is 2. The van der Waals surface area contributed by atoms with Crippen molar-refractivity contribution in [2.24, 2.45) is 0 Å². The quantitative estimate of drug-likeness (QED) is 0.671. The summed E-state index contributed by atoms with van der Waals surface area (Å²) in [4.78, 5) is 24.1. The number of nitrogens with zero attached hydrogens (tertiary/aromatic N) is 3. The summed E-state index contributed by atoms with van der Waals surface area (Å²) in [5.74, 6) is -0.539. The average Bonchev–Trinajstić information content (AvgIpc) is 2.54. The largest absolute Gasteiger partial charge is 0.439 e. The number of aromatic nitrogens is 3. The van der Waals surface area contributed by atoms with Gasteiger partial charge in [0.25, 0.3) is 5.56 Å². The SMILES string of the molecule is O=C(OCn1nnc2ccccc2c1=O)c1cccc(Br)c1. The number of halogens is 1. The molecule has 0 N–H and O–H groups in total. The zero-order valence-corrected chi connectivity index (χ0v) is 12.9. The first kappa shape index (κ1) is 14.4. The van der Waals surface area contributed by atoms with Gasteiger partial charge in [0.05, 0.1) is 10.9 Å². The van der Waals surface area contributed by atoms with Gasteiger partial charge >= 0.3 is 5.97 Å². The van der Waals surface area contributed by atoms with Crippen LogP contribution in [-0.2, 0) is 11.5 Å². The second-order valence-corrected chi connectivity index (χ2v) is 5.40. The molecular formula is C15H10BrN3O3. The van der Waals surface area contributed by atoms with Crippen molar-refractivity contribution < 1.29 is 9.53 Å². The van der Waals surface area contributed by atoms with Crippen LogP contribution in [0.25, 0.3) is 10.9 Å². The zero-order valence-electron chi connectivity index (χ0n) is 11.3. The maximum absolute atomic E-state index is 12.2. The number of hydrogen-bond acceptors (Lipinski definition) is 5. The molecule has 1 heterocycles. The molecule has 3 rings (SSSR count). The van der Waals surface area contributed by atoms with Gasteiger partial charge in [0, 0.05) is 4.47 Å². The Kier molecular flexibility index (Phi) is 3.97. The van der Waals surface area contributed by atoms with Crippen LogP contribution in [0, 0.1) is 0 Å². The van der Waals surface area contributed by atoms with E-state index in [-0.39, 0.29) is 12.3 Å². The van der Waals surface area contributed by atoms with Crippen LogP contribution < -0.4 is 5.56 Å². The summed E-state index contributed by atoms with van der Waals surface area (Å²) in [5, 5.41) is 8.11. The van der Waals surface area contributed by atoms with Crippen LogP contribution in [0.3, 0.4) is 0 Å². The molecule has 2 aromatic carbocycles. The molecule has 3 aromatic rings. The minimum atomic E-state index is -0.539. The molecule has 0 radical (unpaired) electrons. The number of carbonyl (C=O) groups is 1. The van der Waals surface area contributed by atoms with Crippen molar-refractivity contribution in [3.8, 4) is 0 Å². The molecular weight excluding hydrogens is 350 g/mol. The number of fused-ring (bicyclic) bond motifs is 1. The molecule has 0 unspecified atom stereocenters. The van der Waals surface area contributed by atoms with Gasteiger partial charge in [-0.05, 0) is 30.3 Å². The van der Waals surface area contributed by atoms with E-state index in [2.05, 4.69) is 26.2 Å². The Bertz CT molecular complexity index is 908. The first-order chi connectivity index (χ1) is 10.6. The summed E-state index contributed by atoms with van der Waals surface area (Å²) in [6.07, 6.45) is 0. The summed E-state index contributed by atoms with van der Waals surface area (Å²) < 4.78 is 6.88. The first-order valence-corrected chi connectivity index (χ1v) is 7.20. The Morgan fingerprint density at radius 1 is 1.18 bits per heavy atom. The normalized spacial score (nSPS) is 10.6. The Morgan fingerprint density at radius 2 is 2.00 bits per heavy atom. The fourth-order valence-corrected chi connectivity index (χ4v) is 2.33. The number of ether oxygens (including phenoxy) is 1. The molecule has 7 heteroatoms. The predicted octanol–water partition coefficient (Wildman–Crippen LogP) is 2.37. The fourth-order valence-electron chi connectivity index (χ4n) is 1.93. The molecule has 110 valence electrons. The van der Waals surface area contributed by atoms with Crippen LogP contribution in [0.15, 0.2) is 57.8 Å². The highest BCUT2D eigenvalue weighted by atomic mass is 79.9. The monoisotopic (exact) mass is 359 g/mol. The van der Waals surface area contributed by atoms with Gasteiger partial charge < -0.3 is 4.74 Å². The number of hydrogen-bond donors (Lipinski definition) is 0. The lowest BCUT2D eigenvalue weighted by Gasteiger charge is -2.06. The van der Waals surface area contributed by atoms with E-state index in [9.17, 15) is 9.59 Å². The highest BCUT2D eigenvalue weighted by molar-refractivity contribution is 9.10. The predicted molar refractivity (Wildman–Crippen MR) is 83.4 cm³/mol. The van der Waals surface area contributed by atoms with Gasteiger partial charge in [0.15, 0.2) is 6.73 Å². The van der Waals surface area contributed by atoms with E-state index >= 15 is 0 Å². The lowest BCUT2D eigenvalue weighted by molar-refractivity contribution is 0.0336. The lowest BCUT2D eigenvalue weighted by Crippen LogP contribution is -2.26. The summed E-state index contributed by atoms with van der Waals surface area (Å²) >= 11 is 3.28. The van der Waals surface area contributed by atoms with Crippen molar-refractivity contribution in [2.75, 3.05) is 0 Å². The topological polar surface area (TPSA) is 74.1 Å². The molecule has 0 saturated heterocycles. The molecule has 0 aliphatic rings. The molecule has 1 aromatic heterocycles. The van der Waals surface area contributed by atoms with E-state index in [0.29, 0.717) is 16.5 Å². The number of rotatable bonds is 3. The number of esters is 1. The standard InChI is InChI=1S/C15H10BrN3O3/c16-11-5-3-4-10(8-11)15(21)22-9-19-14(20)12-6-1-2-7-13(12)17-18-19/h1-8H,9H2. The van der Waals surface area contributed by atoms with Crippen LogP contribution >= 0.6 is 15.9 Å². The smallest absolute Gasteiger partial charge is 0.339 e. The van der Waals surface area contributed by atoms with E-state index < -0.39 is 5.97 Å². The molecule has 0 aliphatic heterocycles. The zero-order chi connectivity index (χ0) is 15.5. The van der Waals surface area contributed by atoms with Crippen molar-refractivity contribution in [1.82, 2.24) is 15.0 Å². The second-order valence-electron chi connectivity index (χ2n) is 4.48. The first-order valence-electron chi connectivity index (χ1n) is 6.40. The average molecular weight is 360 g/mol. The molecule has 0 atom stereocenters. The third-order valence-electron chi connectivity index (χ3n) is 3.01. The van der Waals surface area contributed by atoms with Crippen molar-refractivity contribution in [3.63, 3.8) is 0 Å². The van der Waals surface area contributed by atoms with Crippen molar-refractivity contribution >= 4 is 32.8 Å². The molecule has 0 saturated carbocycles. The minimum Gasteiger partial charge on any atom is -0.439 e. The maximum atomic E-state index is 12.2. The van der Waals surface area contributed by atoms with Gasteiger partial charge in [-0.25, -0.2) is 4.79 Å². The second kappa shape index (κ2) is 6.07. The third kappa shape index (κ3) is 2.89. The molecule has 0 spiro atoms. The van der Waals surface area contributed by atoms with E-state index in [1.165, 1.54) is 0 Å². The summed E-state index contributed by atoms with van der Waals surface area (Å²) in [6, 6.07) is 13.6. The fraction of sp³-hybridized carbons (Fsp3) is 0.0667. The van der Waals surface area contributed by atoms with Gasteiger partial charge in [-0.15, -0.1) is 5.10 Å². The van der Waals surface area contributed by atoms with Gasteiger partial charge in [-0.3, -0.25) is 4.79 Å². The molecule has 0 amide bonds. The van der Waals surface area contributed by atoms with Crippen LogP contribution in [0.4, 0.5) is 0 Å². The molecule has 6 nitrogen and oxygen atoms in total. The Balaban J connectivity index is 1.81. The highest BCUT2D eigenvalue weighted by Crippen LogP contribution is 2.12. The summed E-state index contributed by atoms with van der Waals surface area (Å²) in [5.41, 5.74) is 0.533. The maximum Gasteiger partial charge on any atom is 0.339 e. The van der Waals surface area contributed by atoms with E-state index in [0.717, 1.165) is 9.15 Å². The Hall–Kier alpha value is -2.54. The van der Waals surface area contributed by atoms with E-state index in [4.69, 9.17) is 4.74 Å². The van der Waals surface area contributed by atoms with Crippen LogP contribution in [0.2, 0.25) is 0 Å². The highest BCUT2D eigenvalue weighted by Gasteiger charge is 2.10. The van der Waals surface area contributed by atoms with Gasteiger partial charge in [-0.1, -0.05) is 39.3 Å². The van der Waals surface area contributed by atoms with Crippen LogP contribution in [0.1, 0.15) is 10.4 Å². The van der Waals surface area contributed by atoms with E-state index in [1.807, 2.05) is 0 Å². The molecule has 0 fully saturated rings. The van der Waals surface area contributed by atoms with Crippen LogP contribution in [-0.4, -0.2) is 21.0 Å². The summed E-state index contributed by atoms with van der Waals surface area (Å²) in [7, 11) is 0. The lowest BCUT2D eigenvalue weighted by atomic mass is 10.2. The number of carbonyl (C=O) groups excluding carboxylic acids is 1. The van der Waals surface area contributed by atoms with E-state index in [1.54, 1.807) is 48.5 Å². The molecule has 0 aliphatic carbocycles. The Morgan fingerprint density at radius 3 is 2.82 bits per heavy atom. The van der Waals surface area contributed by atoms with Crippen molar-refractivity contribution in [1.29, 1.82) is 0 Å². The van der Waals surface area contributed by atoms with Gasteiger partial charge in [-0.2, -0.15) is 4.68 Å². The molecule has 0 bridgehead atoms.